The van der Waals surface area contributed by atoms with E-state index in [9.17, 15) is 18.7 Å². The number of ether oxygens (including phenoxy) is 1. The summed E-state index contributed by atoms with van der Waals surface area (Å²) in [6, 6.07) is 12.0. The quantitative estimate of drug-likeness (QED) is 0.682. The number of aliphatic hydroxyl groups is 1. The first-order valence-electron chi connectivity index (χ1n) is 7.78. The number of primary amides is 1. The average Bonchev–Trinajstić information content (AvgIpc) is 2.60. The standard InChI is InChI=1S/C18H20F2N2O3/c19-13-6-7-16(20)15(9-13)17(23)10-22-14(11-25-18(21)24)8-12-4-2-1-3-5-12/h1-7,9,14,17,22-23H,8,10-11H2,(H2,21,24). The summed E-state index contributed by atoms with van der Waals surface area (Å²) in [4.78, 5) is 10.8. The summed E-state index contributed by atoms with van der Waals surface area (Å²) >= 11 is 0. The largest absolute Gasteiger partial charge is 0.448 e. The van der Waals surface area contributed by atoms with Gasteiger partial charge in [0, 0.05) is 18.2 Å². The highest BCUT2D eigenvalue weighted by atomic mass is 19.1. The third-order valence-corrected chi connectivity index (χ3v) is 3.67. The Balaban J connectivity index is 2.00. The molecule has 0 bridgehead atoms. The number of benzene rings is 2. The predicted molar refractivity (Wildman–Crippen MR) is 88.8 cm³/mol. The molecule has 0 fully saturated rings. The van der Waals surface area contributed by atoms with E-state index in [0.717, 1.165) is 23.8 Å². The van der Waals surface area contributed by atoms with Crippen LogP contribution in [0.4, 0.5) is 13.6 Å². The Morgan fingerprint density at radius 3 is 2.60 bits per heavy atom. The zero-order valence-electron chi connectivity index (χ0n) is 13.5. The van der Waals surface area contributed by atoms with Crippen molar-refractivity contribution in [2.75, 3.05) is 13.2 Å². The molecule has 0 saturated carbocycles. The van der Waals surface area contributed by atoms with Crippen LogP contribution in [0.3, 0.4) is 0 Å². The fourth-order valence-corrected chi connectivity index (χ4v) is 2.43. The van der Waals surface area contributed by atoms with Gasteiger partial charge in [-0.3, -0.25) is 0 Å². The van der Waals surface area contributed by atoms with Gasteiger partial charge in [0.15, 0.2) is 0 Å². The molecule has 1 amide bonds. The second-order valence-electron chi connectivity index (χ2n) is 5.61. The lowest BCUT2D eigenvalue weighted by atomic mass is 10.0. The highest BCUT2D eigenvalue weighted by Gasteiger charge is 2.17. The molecule has 0 saturated heterocycles. The first-order valence-corrected chi connectivity index (χ1v) is 7.78. The molecule has 2 aromatic carbocycles. The topological polar surface area (TPSA) is 84.6 Å². The molecule has 7 heteroatoms. The number of nitrogens with two attached hydrogens (primary N) is 1. The molecule has 4 N–H and O–H groups in total. The second-order valence-corrected chi connectivity index (χ2v) is 5.61. The van der Waals surface area contributed by atoms with Crippen LogP contribution in [-0.4, -0.2) is 30.4 Å². The molecule has 0 radical (unpaired) electrons. The molecular weight excluding hydrogens is 330 g/mol. The van der Waals surface area contributed by atoms with Crippen LogP contribution in [0, 0.1) is 11.6 Å². The third-order valence-electron chi connectivity index (χ3n) is 3.67. The summed E-state index contributed by atoms with van der Waals surface area (Å²) < 4.78 is 31.8. The molecular formula is C18H20F2N2O3. The van der Waals surface area contributed by atoms with Crippen molar-refractivity contribution in [3.63, 3.8) is 0 Å². The SMILES string of the molecule is NC(=O)OCC(Cc1ccccc1)NCC(O)c1cc(F)ccc1F. The van der Waals surface area contributed by atoms with Gasteiger partial charge in [0.1, 0.15) is 18.2 Å². The number of carbonyl (C=O) groups is 1. The molecule has 0 spiro atoms. The minimum Gasteiger partial charge on any atom is -0.448 e. The second kappa shape index (κ2) is 9.10. The van der Waals surface area contributed by atoms with Gasteiger partial charge in [0.05, 0.1) is 6.10 Å². The van der Waals surface area contributed by atoms with Crippen molar-refractivity contribution in [3.05, 3.63) is 71.3 Å². The number of nitrogens with one attached hydrogen (secondary N) is 1. The first-order chi connectivity index (χ1) is 12.0. The van der Waals surface area contributed by atoms with Crippen LogP contribution >= 0.6 is 0 Å². The summed E-state index contributed by atoms with van der Waals surface area (Å²) in [7, 11) is 0. The maximum atomic E-state index is 13.7. The maximum Gasteiger partial charge on any atom is 0.404 e. The predicted octanol–water partition coefficient (Wildman–Crippen LogP) is 2.29. The van der Waals surface area contributed by atoms with E-state index in [2.05, 4.69) is 5.32 Å². The van der Waals surface area contributed by atoms with Gasteiger partial charge in [-0.1, -0.05) is 30.3 Å². The van der Waals surface area contributed by atoms with Crippen LogP contribution in [0.5, 0.6) is 0 Å². The van der Waals surface area contributed by atoms with Gasteiger partial charge >= 0.3 is 6.09 Å². The Kier molecular flexibility index (Phi) is 6.85. The molecule has 2 unspecified atom stereocenters. The normalized spacial score (nSPS) is 13.2. The minimum absolute atomic E-state index is 0.0113. The van der Waals surface area contributed by atoms with E-state index < -0.39 is 23.8 Å². The molecule has 0 aromatic heterocycles. The summed E-state index contributed by atoms with van der Waals surface area (Å²) in [6.45, 7) is -0.0530. The Morgan fingerprint density at radius 2 is 1.92 bits per heavy atom. The fraction of sp³-hybridized carbons (Fsp3) is 0.278. The van der Waals surface area contributed by atoms with Gasteiger partial charge in [-0.05, 0) is 30.2 Å². The van der Waals surface area contributed by atoms with E-state index in [-0.39, 0.29) is 24.8 Å². The van der Waals surface area contributed by atoms with Crippen LogP contribution in [0.15, 0.2) is 48.5 Å². The van der Waals surface area contributed by atoms with Gasteiger partial charge < -0.3 is 20.9 Å². The van der Waals surface area contributed by atoms with E-state index >= 15 is 0 Å². The molecule has 0 heterocycles. The maximum absolute atomic E-state index is 13.7. The van der Waals surface area contributed by atoms with Crippen molar-refractivity contribution in [2.45, 2.75) is 18.6 Å². The lowest BCUT2D eigenvalue weighted by Crippen LogP contribution is -2.39. The van der Waals surface area contributed by atoms with Crippen molar-refractivity contribution in [1.29, 1.82) is 0 Å². The summed E-state index contributed by atoms with van der Waals surface area (Å²) in [5.41, 5.74) is 5.84. The Morgan fingerprint density at radius 1 is 1.20 bits per heavy atom. The number of amides is 1. The van der Waals surface area contributed by atoms with Crippen molar-refractivity contribution < 1.29 is 23.4 Å². The monoisotopic (exact) mass is 350 g/mol. The number of carbonyl (C=O) groups excluding carboxylic acids is 1. The highest BCUT2D eigenvalue weighted by Crippen LogP contribution is 2.18. The zero-order chi connectivity index (χ0) is 18.2. The van der Waals surface area contributed by atoms with E-state index in [4.69, 9.17) is 10.5 Å². The number of aliphatic hydroxyl groups excluding tert-OH is 1. The van der Waals surface area contributed by atoms with Gasteiger partial charge in [-0.15, -0.1) is 0 Å². The molecule has 134 valence electrons. The van der Waals surface area contributed by atoms with Crippen LogP contribution in [0.2, 0.25) is 0 Å². The van der Waals surface area contributed by atoms with Crippen LogP contribution in [0.1, 0.15) is 17.2 Å². The van der Waals surface area contributed by atoms with Crippen molar-refractivity contribution in [1.82, 2.24) is 5.32 Å². The summed E-state index contributed by atoms with van der Waals surface area (Å²) in [5, 5.41) is 13.1. The van der Waals surface area contributed by atoms with Crippen molar-refractivity contribution in [3.8, 4) is 0 Å². The Labute approximate surface area is 144 Å². The van der Waals surface area contributed by atoms with E-state index in [1.165, 1.54) is 0 Å². The smallest absolute Gasteiger partial charge is 0.404 e. The van der Waals surface area contributed by atoms with Crippen LogP contribution in [-0.2, 0) is 11.2 Å². The molecule has 2 rings (SSSR count). The molecule has 25 heavy (non-hydrogen) atoms. The summed E-state index contributed by atoms with van der Waals surface area (Å²) in [5.74, 6) is -1.32. The number of rotatable bonds is 8. The number of hydrogen-bond donors (Lipinski definition) is 3. The van der Waals surface area contributed by atoms with Gasteiger partial charge in [-0.2, -0.15) is 0 Å². The van der Waals surface area contributed by atoms with E-state index in [0.29, 0.717) is 6.42 Å². The minimum atomic E-state index is -1.25. The van der Waals surface area contributed by atoms with Crippen LogP contribution in [0.25, 0.3) is 0 Å². The third kappa shape index (κ3) is 6.13. The Bertz CT molecular complexity index is 698. The van der Waals surface area contributed by atoms with Gasteiger partial charge in [0.2, 0.25) is 0 Å². The fourth-order valence-electron chi connectivity index (χ4n) is 2.43. The van der Waals surface area contributed by atoms with E-state index in [1.54, 1.807) is 0 Å². The molecule has 5 nitrogen and oxygen atoms in total. The first kappa shape index (κ1) is 18.8. The van der Waals surface area contributed by atoms with Gasteiger partial charge in [-0.25, -0.2) is 13.6 Å². The van der Waals surface area contributed by atoms with Crippen molar-refractivity contribution in [2.24, 2.45) is 5.73 Å². The Hall–Kier alpha value is -2.51. The lowest BCUT2D eigenvalue weighted by Gasteiger charge is -2.21. The highest BCUT2D eigenvalue weighted by molar-refractivity contribution is 5.64. The molecule has 0 aliphatic rings. The average molecular weight is 350 g/mol. The molecule has 2 atom stereocenters. The van der Waals surface area contributed by atoms with Gasteiger partial charge in [0.25, 0.3) is 0 Å². The summed E-state index contributed by atoms with van der Waals surface area (Å²) in [6.07, 6.45) is -1.65. The van der Waals surface area contributed by atoms with Crippen molar-refractivity contribution >= 4 is 6.09 Å². The molecule has 0 aliphatic carbocycles. The molecule has 0 aliphatic heterocycles. The lowest BCUT2D eigenvalue weighted by molar-refractivity contribution is 0.130. The number of hydrogen-bond acceptors (Lipinski definition) is 4. The van der Waals surface area contributed by atoms with E-state index in [1.807, 2.05) is 30.3 Å². The number of halogens is 2. The van der Waals surface area contributed by atoms with Crippen LogP contribution < -0.4 is 11.1 Å². The zero-order valence-corrected chi connectivity index (χ0v) is 13.5. The molecule has 2 aromatic rings.